The molecule has 0 unspecified atom stereocenters. The molecule has 2 N–H and O–H groups in total. The Bertz CT molecular complexity index is 540. The summed E-state index contributed by atoms with van der Waals surface area (Å²) in [6.07, 6.45) is 0. The van der Waals surface area contributed by atoms with E-state index >= 15 is 0 Å². The van der Waals surface area contributed by atoms with Crippen molar-refractivity contribution in [1.29, 1.82) is 0 Å². The molecule has 4 heteroatoms. The van der Waals surface area contributed by atoms with Crippen molar-refractivity contribution in [1.82, 2.24) is 5.32 Å². The van der Waals surface area contributed by atoms with Crippen molar-refractivity contribution < 1.29 is 4.79 Å². The van der Waals surface area contributed by atoms with Gasteiger partial charge in [0, 0.05) is 15.9 Å². The summed E-state index contributed by atoms with van der Waals surface area (Å²) in [5.74, 6) is 0. The first kappa shape index (κ1) is 11.9. The molecular weight excluding hydrogens is 232 g/mol. The van der Waals surface area contributed by atoms with Gasteiger partial charge >= 0.3 is 6.03 Å². The number of carbonyl (C=O) groups excluding carboxylic acids is 1. The van der Waals surface area contributed by atoms with Crippen molar-refractivity contribution >= 4 is 33.1 Å². The Kier molecular flexibility index (Phi) is 3.07. The van der Waals surface area contributed by atoms with Crippen molar-refractivity contribution in [2.45, 2.75) is 26.3 Å². The van der Waals surface area contributed by atoms with Crippen LogP contribution in [0.1, 0.15) is 20.8 Å². The first-order valence-corrected chi connectivity index (χ1v) is 6.38. The van der Waals surface area contributed by atoms with Crippen molar-refractivity contribution in [3.05, 3.63) is 29.6 Å². The molecule has 0 aliphatic heterocycles. The standard InChI is InChI=1S/C13H16N2OS/c1-13(2,3)15-12(16)14-10-4-5-11-9(8-10)6-7-17-11/h4-8H,1-3H3,(H2,14,15,16). The summed E-state index contributed by atoms with van der Waals surface area (Å²) in [4.78, 5) is 11.7. The highest BCUT2D eigenvalue weighted by Crippen LogP contribution is 2.23. The number of nitrogens with one attached hydrogen (secondary N) is 2. The lowest BCUT2D eigenvalue weighted by molar-refractivity contribution is 0.244. The fraction of sp³-hybridized carbons (Fsp3) is 0.308. The molecule has 0 aliphatic rings. The van der Waals surface area contributed by atoms with Crippen LogP contribution in [0.25, 0.3) is 10.1 Å². The SMILES string of the molecule is CC(C)(C)NC(=O)Nc1ccc2sccc2c1. The Morgan fingerprint density at radius 2 is 2.00 bits per heavy atom. The Hall–Kier alpha value is -1.55. The van der Waals surface area contributed by atoms with Gasteiger partial charge in [-0.1, -0.05) is 0 Å². The van der Waals surface area contributed by atoms with Crippen molar-refractivity contribution in [2.24, 2.45) is 0 Å². The van der Waals surface area contributed by atoms with Gasteiger partial charge in [0.25, 0.3) is 0 Å². The molecule has 0 radical (unpaired) electrons. The number of rotatable bonds is 1. The minimum atomic E-state index is -0.226. The van der Waals surface area contributed by atoms with E-state index < -0.39 is 0 Å². The molecule has 3 nitrogen and oxygen atoms in total. The Morgan fingerprint density at radius 1 is 1.24 bits per heavy atom. The van der Waals surface area contributed by atoms with Crippen LogP contribution in [0.4, 0.5) is 10.5 Å². The van der Waals surface area contributed by atoms with Gasteiger partial charge in [-0.3, -0.25) is 0 Å². The van der Waals surface area contributed by atoms with Crippen LogP contribution >= 0.6 is 11.3 Å². The van der Waals surface area contributed by atoms with Crippen molar-refractivity contribution in [3.8, 4) is 0 Å². The van der Waals surface area contributed by atoms with Gasteiger partial charge in [-0.05, 0) is 55.8 Å². The van der Waals surface area contributed by atoms with E-state index in [0.717, 1.165) is 11.1 Å². The smallest absolute Gasteiger partial charge is 0.319 e. The van der Waals surface area contributed by atoms with Crippen LogP contribution in [-0.2, 0) is 0 Å². The molecule has 0 bridgehead atoms. The third-order valence-electron chi connectivity index (χ3n) is 2.20. The molecule has 90 valence electrons. The molecule has 0 aliphatic carbocycles. The van der Waals surface area contributed by atoms with E-state index in [9.17, 15) is 4.79 Å². The molecule has 0 spiro atoms. The maximum absolute atomic E-state index is 11.7. The van der Waals surface area contributed by atoms with Crippen LogP contribution in [0.15, 0.2) is 29.6 Å². The molecule has 0 saturated heterocycles. The van der Waals surface area contributed by atoms with Gasteiger partial charge in [-0.25, -0.2) is 4.79 Å². The van der Waals surface area contributed by atoms with Gasteiger partial charge in [0.15, 0.2) is 0 Å². The summed E-state index contributed by atoms with van der Waals surface area (Å²) in [5.41, 5.74) is 0.592. The summed E-state index contributed by atoms with van der Waals surface area (Å²) < 4.78 is 1.23. The summed E-state index contributed by atoms with van der Waals surface area (Å²) in [6, 6.07) is 7.79. The monoisotopic (exact) mass is 248 g/mol. The second kappa shape index (κ2) is 4.37. The highest BCUT2D eigenvalue weighted by molar-refractivity contribution is 7.17. The molecule has 0 saturated carbocycles. The van der Waals surface area contributed by atoms with Crippen LogP contribution in [0.2, 0.25) is 0 Å². The zero-order valence-electron chi connectivity index (χ0n) is 10.2. The van der Waals surface area contributed by atoms with E-state index in [1.54, 1.807) is 11.3 Å². The number of hydrogen-bond acceptors (Lipinski definition) is 2. The summed E-state index contributed by atoms with van der Waals surface area (Å²) in [6.45, 7) is 5.86. The lowest BCUT2D eigenvalue weighted by Crippen LogP contribution is -2.43. The molecule has 1 aromatic carbocycles. The largest absolute Gasteiger partial charge is 0.333 e. The fourth-order valence-corrected chi connectivity index (χ4v) is 2.32. The number of anilines is 1. The van der Waals surface area contributed by atoms with Gasteiger partial charge in [0.1, 0.15) is 0 Å². The zero-order valence-corrected chi connectivity index (χ0v) is 11.0. The minimum absolute atomic E-state index is 0.174. The van der Waals surface area contributed by atoms with Crippen molar-refractivity contribution in [3.63, 3.8) is 0 Å². The number of carbonyl (C=O) groups is 1. The predicted octanol–water partition coefficient (Wildman–Crippen LogP) is 3.82. The van der Waals surface area contributed by atoms with Gasteiger partial charge in [0.05, 0.1) is 0 Å². The molecule has 0 fully saturated rings. The number of hydrogen-bond donors (Lipinski definition) is 2. The average Bonchev–Trinajstić information content (AvgIpc) is 2.61. The van der Waals surface area contributed by atoms with E-state index in [1.807, 2.05) is 50.4 Å². The van der Waals surface area contributed by atoms with Crippen molar-refractivity contribution in [2.75, 3.05) is 5.32 Å². The normalized spacial score (nSPS) is 11.5. The number of thiophene rings is 1. The van der Waals surface area contributed by atoms with Gasteiger partial charge < -0.3 is 10.6 Å². The first-order chi connectivity index (χ1) is 7.94. The summed E-state index contributed by atoms with van der Waals surface area (Å²) in [7, 11) is 0. The van der Waals surface area contributed by atoms with Crippen LogP contribution in [0.5, 0.6) is 0 Å². The van der Waals surface area contributed by atoms with Gasteiger partial charge in [0.2, 0.25) is 0 Å². The molecule has 1 aromatic heterocycles. The number of fused-ring (bicyclic) bond motifs is 1. The fourth-order valence-electron chi connectivity index (χ4n) is 1.55. The summed E-state index contributed by atoms with van der Waals surface area (Å²) >= 11 is 1.70. The lowest BCUT2D eigenvalue weighted by atomic mass is 10.1. The maximum atomic E-state index is 11.7. The van der Waals surface area contributed by atoms with E-state index in [0.29, 0.717) is 0 Å². The van der Waals surface area contributed by atoms with Gasteiger partial charge in [-0.2, -0.15) is 0 Å². The van der Waals surface area contributed by atoms with Crippen LogP contribution in [0.3, 0.4) is 0 Å². The van der Waals surface area contributed by atoms with E-state index in [2.05, 4.69) is 10.6 Å². The van der Waals surface area contributed by atoms with Gasteiger partial charge in [-0.15, -0.1) is 11.3 Å². The van der Waals surface area contributed by atoms with Crippen LogP contribution < -0.4 is 10.6 Å². The molecule has 1 heterocycles. The highest BCUT2D eigenvalue weighted by atomic mass is 32.1. The van der Waals surface area contributed by atoms with Crippen LogP contribution in [-0.4, -0.2) is 11.6 Å². The second-order valence-corrected chi connectivity index (χ2v) is 5.95. The van der Waals surface area contributed by atoms with Crippen LogP contribution in [0, 0.1) is 0 Å². The first-order valence-electron chi connectivity index (χ1n) is 5.50. The third kappa shape index (κ3) is 3.20. The molecule has 0 atom stereocenters. The topological polar surface area (TPSA) is 41.1 Å². The Morgan fingerprint density at radius 3 is 2.71 bits per heavy atom. The average molecular weight is 248 g/mol. The van der Waals surface area contributed by atoms with E-state index in [-0.39, 0.29) is 11.6 Å². The Labute approximate surface area is 105 Å². The minimum Gasteiger partial charge on any atom is -0.333 e. The van der Waals surface area contributed by atoms with E-state index in [1.165, 1.54) is 4.70 Å². The molecule has 2 rings (SSSR count). The molecule has 2 amide bonds. The Balaban J connectivity index is 2.10. The predicted molar refractivity (Wildman–Crippen MR) is 73.7 cm³/mol. The number of benzene rings is 1. The molecular formula is C13H16N2OS. The zero-order chi connectivity index (χ0) is 12.5. The summed E-state index contributed by atoms with van der Waals surface area (Å²) in [5, 5.41) is 8.90. The number of urea groups is 1. The lowest BCUT2D eigenvalue weighted by Gasteiger charge is -2.20. The molecule has 17 heavy (non-hydrogen) atoms. The molecule has 2 aromatic rings. The maximum Gasteiger partial charge on any atom is 0.319 e. The quantitative estimate of drug-likeness (QED) is 0.791. The van der Waals surface area contributed by atoms with E-state index in [4.69, 9.17) is 0 Å². The third-order valence-corrected chi connectivity index (χ3v) is 3.10. The highest BCUT2D eigenvalue weighted by Gasteiger charge is 2.13. The number of amides is 2. The second-order valence-electron chi connectivity index (χ2n) is 5.00.